The summed E-state index contributed by atoms with van der Waals surface area (Å²) in [6.07, 6.45) is -5.16. The number of nitrogens with one attached hydrogen (secondary N) is 2. The number of rotatable bonds is 7. The second kappa shape index (κ2) is 11.9. The van der Waals surface area contributed by atoms with E-state index in [0.717, 1.165) is 30.5 Å². The summed E-state index contributed by atoms with van der Waals surface area (Å²) in [5.74, 6) is -7.30. The molecule has 218 valence electrons. The molecule has 1 aromatic heterocycles. The third-order valence-corrected chi connectivity index (χ3v) is 7.40. The van der Waals surface area contributed by atoms with Gasteiger partial charge in [-0.15, -0.1) is 0 Å². The van der Waals surface area contributed by atoms with Gasteiger partial charge in [-0.2, -0.15) is 13.2 Å². The maximum atomic E-state index is 15.0. The van der Waals surface area contributed by atoms with Crippen LogP contribution in [0, 0.1) is 23.5 Å². The van der Waals surface area contributed by atoms with Gasteiger partial charge >= 0.3 is 12.2 Å². The number of hydrogen-bond donors (Lipinski definition) is 2. The van der Waals surface area contributed by atoms with Crippen molar-refractivity contribution < 1.29 is 45.1 Å². The number of methoxy groups -OCH3 is 1. The van der Waals surface area contributed by atoms with Crippen molar-refractivity contribution in [2.45, 2.75) is 50.2 Å². The number of halogens is 7. The van der Waals surface area contributed by atoms with E-state index in [1.165, 1.54) is 7.11 Å². The van der Waals surface area contributed by atoms with E-state index in [9.17, 15) is 31.5 Å². The Balaban J connectivity index is 1.57. The zero-order chi connectivity index (χ0) is 29.2. The zero-order valence-electron chi connectivity index (χ0n) is 21.3. The SMILES string of the molecule is COc1cc(F)c([C@@H]2CN(c3ncccc3C(F)(F)F)C(=O)C2CNC(=O)NC2CCC(C(F)F)CC2)c(F)c1. The lowest BCUT2D eigenvalue weighted by Crippen LogP contribution is -2.46. The van der Waals surface area contributed by atoms with Crippen LogP contribution in [0.25, 0.3) is 0 Å². The van der Waals surface area contributed by atoms with Gasteiger partial charge in [-0.3, -0.25) is 9.69 Å². The molecule has 40 heavy (non-hydrogen) atoms. The topological polar surface area (TPSA) is 83.6 Å². The van der Waals surface area contributed by atoms with Gasteiger partial charge in [0.2, 0.25) is 12.3 Å². The normalized spacial score (nSPS) is 23.4. The van der Waals surface area contributed by atoms with Crippen molar-refractivity contribution in [3.8, 4) is 5.75 Å². The fraction of sp³-hybridized carbons (Fsp3) is 0.500. The smallest absolute Gasteiger partial charge is 0.419 e. The van der Waals surface area contributed by atoms with E-state index in [4.69, 9.17) is 4.74 Å². The Labute approximate surface area is 225 Å². The van der Waals surface area contributed by atoms with Crippen LogP contribution in [0.1, 0.15) is 42.7 Å². The summed E-state index contributed by atoms with van der Waals surface area (Å²) in [5.41, 5.74) is -1.75. The fourth-order valence-corrected chi connectivity index (χ4v) is 5.32. The van der Waals surface area contributed by atoms with E-state index in [-0.39, 0.29) is 24.6 Å². The number of urea groups is 1. The van der Waals surface area contributed by atoms with Crippen molar-refractivity contribution in [3.05, 3.63) is 53.2 Å². The first-order valence-corrected chi connectivity index (χ1v) is 12.6. The molecule has 3 amide bonds. The largest absolute Gasteiger partial charge is 0.497 e. The number of anilines is 1. The molecule has 1 saturated heterocycles. The molecule has 7 nitrogen and oxygen atoms in total. The number of amides is 3. The van der Waals surface area contributed by atoms with Crippen LogP contribution in [-0.2, 0) is 11.0 Å². The van der Waals surface area contributed by atoms with E-state index in [0.29, 0.717) is 17.7 Å². The molecule has 1 unspecified atom stereocenters. The molecule has 1 aromatic carbocycles. The van der Waals surface area contributed by atoms with Crippen LogP contribution in [0.2, 0.25) is 0 Å². The van der Waals surface area contributed by atoms with Crippen molar-refractivity contribution in [2.75, 3.05) is 25.1 Å². The minimum absolute atomic E-state index is 0.139. The van der Waals surface area contributed by atoms with Gasteiger partial charge in [0.25, 0.3) is 0 Å². The standard InChI is InChI=1S/C26H27F7N4O3/c1-40-15-9-19(27)21(20(28)10-15)17-12-37(23-18(26(31,32)33)3-2-8-34-23)24(38)16(17)11-35-25(39)36-14-6-4-13(5-7-14)22(29)30/h2-3,8-10,13-14,16-17,22H,4-7,11-12H2,1H3,(H2,35,36,39)/t13?,14?,16?,17-/m1/s1. The molecule has 0 radical (unpaired) electrons. The van der Waals surface area contributed by atoms with Crippen LogP contribution in [-0.4, -0.2) is 49.6 Å². The molecule has 1 aliphatic carbocycles. The zero-order valence-corrected chi connectivity index (χ0v) is 21.3. The first kappa shape index (κ1) is 29.4. The molecule has 2 fully saturated rings. The Hall–Kier alpha value is -3.58. The Morgan fingerprint density at radius 3 is 2.38 bits per heavy atom. The quantitative estimate of drug-likeness (QED) is 0.441. The maximum Gasteiger partial charge on any atom is 0.419 e. The highest BCUT2D eigenvalue weighted by molar-refractivity contribution is 5.98. The molecule has 2 aliphatic rings. The molecule has 0 spiro atoms. The van der Waals surface area contributed by atoms with Gasteiger partial charge < -0.3 is 15.4 Å². The number of carbonyl (C=O) groups is 2. The fourth-order valence-electron chi connectivity index (χ4n) is 5.32. The molecular formula is C26H27F7N4O3. The summed E-state index contributed by atoms with van der Waals surface area (Å²) < 4.78 is 102. The minimum Gasteiger partial charge on any atom is -0.497 e. The lowest BCUT2D eigenvalue weighted by atomic mass is 9.86. The predicted octanol–water partition coefficient (Wildman–Crippen LogP) is 5.26. The lowest BCUT2D eigenvalue weighted by Gasteiger charge is -2.28. The van der Waals surface area contributed by atoms with Crippen molar-refractivity contribution in [3.63, 3.8) is 0 Å². The Kier molecular flexibility index (Phi) is 8.74. The van der Waals surface area contributed by atoms with Gasteiger partial charge in [-0.05, 0) is 37.8 Å². The first-order valence-electron chi connectivity index (χ1n) is 12.6. The van der Waals surface area contributed by atoms with Crippen LogP contribution in [0.5, 0.6) is 5.75 Å². The summed E-state index contributed by atoms with van der Waals surface area (Å²) in [4.78, 5) is 30.4. The third kappa shape index (κ3) is 6.25. The molecule has 4 rings (SSSR count). The predicted molar refractivity (Wildman–Crippen MR) is 129 cm³/mol. The molecule has 14 heteroatoms. The first-order chi connectivity index (χ1) is 18.9. The second-order valence-electron chi connectivity index (χ2n) is 9.84. The molecular weight excluding hydrogens is 549 g/mol. The third-order valence-electron chi connectivity index (χ3n) is 7.40. The van der Waals surface area contributed by atoms with E-state index >= 15 is 8.78 Å². The molecule has 0 bridgehead atoms. The summed E-state index contributed by atoms with van der Waals surface area (Å²) in [6.45, 7) is -0.998. The number of benzene rings is 1. The molecule has 1 aliphatic heterocycles. The van der Waals surface area contributed by atoms with E-state index in [1.807, 2.05) is 0 Å². The van der Waals surface area contributed by atoms with Gasteiger partial charge in [0, 0.05) is 54.9 Å². The number of carbonyl (C=O) groups excluding carboxylic acids is 2. The van der Waals surface area contributed by atoms with E-state index in [1.54, 1.807) is 0 Å². The van der Waals surface area contributed by atoms with Crippen LogP contribution in [0.15, 0.2) is 30.5 Å². The molecule has 2 N–H and O–H groups in total. The van der Waals surface area contributed by atoms with Crippen molar-refractivity contribution in [2.24, 2.45) is 11.8 Å². The van der Waals surface area contributed by atoms with Gasteiger partial charge in [-0.1, -0.05) is 0 Å². The van der Waals surface area contributed by atoms with Crippen molar-refractivity contribution >= 4 is 17.8 Å². The molecule has 1 saturated carbocycles. The number of alkyl halides is 5. The Morgan fingerprint density at radius 2 is 1.80 bits per heavy atom. The van der Waals surface area contributed by atoms with Crippen LogP contribution < -0.4 is 20.3 Å². The van der Waals surface area contributed by atoms with Gasteiger partial charge in [0.05, 0.1) is 18.6 Å². The van der Waals surface area contributed by atoms with Crippen molar-refractivity contribution in [1.82, 2.24) is 15.6 Å². The van der Waals surface area contributed by atoms with E-state index in [2.05, 4.69) is 15.6 Å². The highest BCUT2D eigenvalue weighted by Crippen LogP contribution is 2.42. The summed E-state index contributed by atoms with van der Waals surface area (Å²) >= 11 is 0. The average molecular weight is 577 g/mol. The number of pyridine rings is 1. The van der Waals surface area contributed by atoms with Crippen LogP contribution >= 0.6 is 0 Å². The van der Waals surface area contributed by atoms with Gasteiger partial charge in [-0.25, -0.2) is 27.3 Å². The van der Waals surface area contributed by atoms with Crippen LogP contribution in [0.4, 0.5) is 41.3 Å². The summed E-state index contributed by atoms with van der Waals surface area (Å²) in [7, 11) is 1.19. The Morgan fingerprint density at radius 1 is 1.15 bits per heavy atom. The summed E-state index contributed by atoms with van der Waals surface area (Å²) in [6, 6.07) is 2.43. The van der Waals surface area contributed by atoms with Gasteiger partial charge in [0.1, 0.15) is 23.2 Å². The highest BCUT2D eigenvalue weighted by Gasteiger charge is 2.47. The molecule has 2 heterocycles. The maximum absolute atomic E-state index is 15.0. The molecule has 2 aromatic rings. The average Bonchev–Trinajstić information content (AvgIpc) is 3.22. The number of ether oxygens (including phenoxy) is 1. The second-order valence-corrected chi connectivity index (χ2v) is 9.84. The number of nitrogens with zero attached hydrogens (tertiary/aromatic N) is 2. The van der Waals surface area contributed by atoms with Gasteiger partial charge in [0.15, 0.2) is 0 Å². The van der Waals surface area contributed by atoms with Crippen molar-refractivity contribution in [1.29, 1.82) is 0 Å². The lowest BCUT2D eigenvalue weighted by molar-refractivity contribution is -0.137. The Bertz CT molecular complexity index is 1210. The highest BCUT2D eigenvalue weighted by atomic mass is 19.4. The number of hydrogen-bond acceptors (Lipinski definition) is 4. The minimum atomic E-state index is -4.87. The monoisotopic (exact) mass is 576 g/mol. The molecule has 2 atom stereocenters. The van der Waals surface area contributed by atoms with Crippen LogP contribution in [0.3, 0.4) is 0 Å². The number of aromatic nitrogens is 1. The summed E-state index contributed by atoms with van der Waals surface area (Å²) in [5, 5.41) is 5.09. The van der Waals surface area contributed by atoms with E-state index < -0.39 is 84.0 Å².